The summed E-state index contributed by atoms with van der Waals surface area (Å²) in [5.74, 6) is 0. The third-order valence-corrected chi connectivity index (χ3v) is 2.66. The summed E-state index contributed by atoms with van der Waals surface area (Å²) in [5, 5.41) is 10.1. The lowest BCUT2D eigenvalue weighted by atomic mass is 10.4. The van der Waals surface area contributed by atoms with Crippen LogP contribution in [0.3, 0.4) is 0 Å². The summed E-state index contributed by atoms with van der Waals surface area (Å²) < 4.78 is 0. The van der Waals surface area contributed by atoms with Gasteiger partial charge in [-0.05, 0) is 0 Å². The molecule has 0 aliphatic carbocycles. The third kappa shape index (κ3) is 2.58. The maximum atomic E-state index is 8.88. The van der Waals surface area contributed by atoms with E-state index in [0.29, 0.717) is 23.9 Å². The first-order valence-electron chi connectivity index (χ1n) is 4.36. The van der Waals surface area contributed by atoms with Crippen molar-refractivity contribution >= 4 is 21.5 Å². The van der Waals surface area contributed by atoms with Crippen LogP contribution in [0.5, 0.6) is 0 Å². The van der Waals surface area contributed by atoms with E-state index in [1.165, 1.54) is 11.3 Å². The molecule has 0 atom stereocenters. The van der Waals surface area contributed by atoms with Crippen molar-refractivity contribution in [1.82, 2.24) is 4.98 Å². The number of rotatable bonds is 5. The average Bonchev–Trinajstić information content (AvgIpc) is 2.59. The van der Waals surface area contributed by atoms with E-state index in [0.717, 1.165) is 5.00 Å². The van der Waals surface area contributed by atoms with Crippen molar-refractivity contribution in [1.29, 1.82) is 5.26 Å². The highest BCUT2D eigenvalue weighted by atomic mass is 32.1. The fraction of sp³-hybridized carbons (Fsp3) is 0.200. The third-order valence-electron chi connectivity index (χ3n) is 1.72. The Balaban J connectivity index is 3.03. The van der Waals surface area contributed by atoms with E-state index in [1.54, 1.807) is 12.2 Å². The molecule has 1 heterocycles. The molecule has 0 saturated heterocycles. The molecule has 2 N–H and O–H groups in total. The lowest BCUT2D eigenvalue weighted by Gasteiger charge is -2.18. The van der Waals surface area contributed by atoms with Gasteiger partial charge in [0.15, 0.2) is 10.8 Å². The average molecular weight is 220 g/mol. The van der Waals surface area contributed by atoms with E-state index in [-0.39, 0.29) is 0 Å². The molecular weight excluding hydrogens is 208 g/mol. The number of nitrogens with two attached hydrogens (primary N) is 1. The van der Waals surface area contributed by atoms with Crippen molar-refractivity contribution in [2.45, 2.75) is 0 Å². The van der Waals surface area contributed by atoms with Crippen LogP contribution in [0, 0.1) is 11.3 Å². The maximum Gasteiger partial charge on any atom is 0.183 e. The van der Waals surface area contributed by atoms with E-state index in [1.807, 2.05) is 11.0 Å². The quantitative estimate of drug-likeness (QED) is 0.768. The molecule has 0 radical (unpaired) electrons. The summed E-state index contributed by atoms with van der Waals surface area (Å²) in [6.07, 6.45) is 3.53. The van der Waals surface area contributed by atoms with E-state index >= 15 is 0 Å². The molecule has 1 aromatic heterocycles. The number of nitrogens with zero attached hydrogens (tertiary/aromatic N) is 3. The topological polar surface area (TPSA) is 65.9 Å². The molecule has 0 aromatic carbocycles. The Bertz CT molecular complexity index is 392. The van der Waals surface area contributed by atoms with Gasteiger partial charge in [-0.25, -0.2) is 4.98 Å². The smallest absolute Gasteiger partial charge is 0.183 e. The lowest BCUT2D eigenvalue weighted by molar-refractivity contribution is 0.964. The fourth-order valence-electron chi connectivity index (χ4n) is 1.17. The van der Waals surface area contributed by atoms with Gasteiger partial charge in [0.2, 0.25) is 0 Å². The van der Waals surface area contributed by atoms with Gasteiger partial charge in [0.1, 0.15) is 11.1 Å². The highest BCUT2D eigenvalue weighted by molar-refractivity contribution is 7.19. The Morgan fingerprint density at radius 1 is 1.47 bits per heavy atom. The Kier molecular flexibility index (Phi) is 3.89. The van der Waals surface area contributed by atoms with Crippen molar-refractivity contribution in [2.24, 2.45) is 0 Å². The van der Waals surface area contributed by atoms with Crippen molar-refractivity contribution in [3.05, 3.63) is 31.0 Å². The Labute approximate surface area is 93.0 Å². The van der Waals surface area contributed by atoms with Crippen molar-refractivity contribution in [3.8, 4) is 6.07 Å². The van der Waals surface area contributed by atoms with Gasteiger partial charge in [-0.1, -0.05) is 23.5 Å². The number of anilines is 2. The number of hydrogen-bond acceptors (Lipinski definition) is 5. The van der Waals surface area contributed by atoms with Crippen molar-refractivity contribution in [2.75, 3.05) is 23.7 Å². The number of nitrogen functional groups attached to an aromatic ring is 1. The first kappa shape index (κ1) is 11.3. The summed E-state index contributed by atoms with van der Waals surface area (Å²) >= 11 is 1.30. The van der Waals surface area contributed by atoms with Gasteiger partial charge < -0.3 is 10.6 Å². The van der Waals surface area contributed by atoms with Gasteiger partial charge >= 0.3 is 0 Å². The molecular formula is C10H12N4S. The molecule has 0 bridgehead atoms. The van der Waals surface area contributed by atoms with E-state index in [2.05, 4.69) is 18.1 Å². The maximum absolute atomic E-state index is 8.88. The number of thiazole rings is 1. The van der Waals surface area contributed by atoms with Gasteiger partial charge in [0.25, 0.3) is 0 Å². The minimum Gasteiger partial charge on any atom is -0.375 e. The standard InChI is InChI=1S/C10H12N4S/c1-3-5-14(6-4-2)9-8(7-11)13-10(12)15-9/h3-4H,1-2,5-6H2,(H2,12,13). The van der Waals surface area contributed by atoms with E-state index < -0.39 is 0 Å². The zero-order chi connectivity index (χ0) is 11.3. The van der Waals surface area contributed by atoms with Crippen LogP contribution in [0.15, 0.2) is 25.3 Å². The minimum absolute atomic E-state index is 0.362. The van der Waals surface area contributed by atoms with Crippen LogP contribution in [-0.2, 0) is 0 Å². The molecule has 4 nitrogen and oxygen atoms in total. The number of hydrogen-bond donors (Lipinski definition) is 1. The van der Waals surface area contributed by atoms with Crippen LogP contribution >= 0.6 is 11.3 Å². The predicted octanol–water partition coefficient (Wildman–Crippen LogP) is 1.78. The summed E-state index contributed by atoms with van der Waals surface area (Å²) in [6, 6.07) is 2.02. The van der Waals surface area contributed by atoms with Crippen LogP contribution in [0.2, 0.25) is 0 Å². The SMILES string of the molecule is C=CCN(CC=C)c1sc(N)nc1C#N. The molecule has 15 heavy (non-hydrogen) atoms. The first-order valence-corrected chi connectivity index (χ1v) is 5.17. The van der Waals surface area contributed by atoms with Crippen LogP contribution in [0.25, 0.3) is 0 Å². The van der Waals surface area contributed by atoms with E-state index in [9.17, 15) is 0 Å². The summed E-state index contributed by atoms with van der Waals surface area (Å²) in [6.45, 7) is 8.61. The first-order chi connectivity index (χ1) is 7.22. The Morgan fingerprint density at radius 3 is 2.53 bits per heavy atom. The summed E-state index contributed by atoms with van der Waals surface area (Å²) in [7, 11) is 0. The highest BCUT2D eigenvalue weighted by Crippen LogP contribution is 2.29. The van der Waals surface area contributed by atoms with E-state index in [4.69, 9.17) is 11.0 Å². The van der Waals surface area contributed by atoms with Gasteiger partial charge in [-0.3, -0.25) is 0 Å². The molecule has 0 aliphatic rings. The number of nitriles is 1. The molecule has 1 aromatic rings. The second-order valence-electron chi connectivity index (χ2n) is 2.80. The van der Waals surface area contributed by atoms with Crippen molar-refractivity contribution < 1.29 is 0 Å². The normalized spacial score (nSPS) is 9.27. The molecule has 0 spiro atoms. The second kappa shape index (κ2) is 5.17. The highest BCUT2D eigenvalue weighted by Gasteiger charge is 2.14. The summed E-state index contributed by atoms with van der Waals surface area (Å²) in [5.41, 5.74) is 5.93. The number of aromatic nitrogens is 1. The zero-order valence-corrected chi connectivity index (χ0v) is 9.13. The molecule has 0 unspecified atom stereocenters. The Hall–Kier alpha value is -1.80. The molecule has 0 saturated carbocycles. The molecule has 5 heteroatoms. The largest absolute Gasteiger partial charge is 0.375 e. The molecule has 78 valence electrons. The molecule has 0 amide bonds. The van der Waals surface area contributed by atoms with Crippen LogP contribution in [0.4, 0.5) is 10.1 Å². The monoisotopic (exact) mass is 220 g/mol. The minimum atomic E-state index is 0.362. The fourth-order valence-corrected chi connectivity index (χ4v) is 1.97. The van der Waals surface area contributed by atoms with Crippen molar-refractivity contribution in [3.63, 3.8) is 0 Å². The second-order valence-corrected chi connectivity index (χ2v) is 3.81. The summed E-state index contributed by atoms with van der Waals surface area (Å²) in [4.78, 5) is 5.89. The molecule has 1 rings (SSSR count). The zero-order valence-electron chi connectivity index (χ0n) is 8.31. The van der Waals surface area contributed by atoms with Gasteiger partial charge in [0.05, 0.1) is 0 Å². The Morgan fingerprint density at radius 2 is 2.07 bits per heavy atom. The van der Waals surface area contributed by atoms with Crippen LogP contribution < -0.4 is 10.6 Å². The lowest BCUT2D eigenvalue weighted by Crippen LogP contribution is -2.22. The van der Waals surface area contributed by atoms with Crippen LogP contribution in [0.1, 0.15) is 5.69 Å². The van der Waals surface area contributed by atoms with Gasteiger partial charge in [-0.15, -0.1) is 13.2 Å². The molecule has 0 fully saturated rings. The van der Waals surface area contributed by atoms with Gasteiger partial charge in [0, 0.05) is 13.1 Å². The predicted molar refractivity (Wildman–Crippen MR) is 63.8 cm³/mol. The molecule has 0 aliphatic heterocycles. The van der Waals surface area contributed by atoms with Gasteiger partial charge in [-0.2, -0.15) is 5.26 Å². The van der Waals surface area contributed by atoms with Crippen LogP contribution in [-0.4, -0.2) is 18.1 Å².